The third-order valence-electron chi connectivity index (χ3n) is 3.83. The molecule has 0 amide bonds. The molecule has 0 saturated carbocycles. The zero-order valence-electron chi connectivity index (χ0n) is 11.7. The van der Waals surface area contributed by atoms with E-state index in [1.54, 1.807) is 25.3 Å². The van der Waals surface area contributed by atoms with E-state index in [2.05, 4.69) is 0 Å². The van der Waals surface area contributed by atoms with Crippen LogP contribution in [0.5, 0.6) is 0 Å². The highest BCUT2D eigenvalue weighted by Gasteiger charge is 2.47. The van der Waals surface area contributed by atoms with Crippen molar-refractivity contribution in [2.45, 2.75) is 19.3 Å². The predicted molar refractivity (Wildman–Crippen MR) is 76.5 cm³/mol. The summed E-state index contributed by atoms with van der Waals surface area (Å²) in [5.41, 5.74) is 1.54. The zero-order chi connectivity index (χ0) is 14.8. The van der Waals surface area contributed by atoms with Gasteiger partial charge in [-0.15, -0.1) is 0 Å². The summed E-state index contributed by atoms with van der Waals surface area (Å²) in [6.45, 7) is 1.99. The molecule has 2 aliphatic carbocycles. The molecule has 1 aromatic rings. The van der Waals surface area contributed by atoms with E-state index in [0.29, 0.717) is 17.8 Å². The molecule has 4 heteroatoms. The number of esters is 1. The van der Waals surface area contributed by atoms with Crippen LogP contribution in [-0.2, 0) is 14.3 Å². The highest BCUT2D eigenvalue weighted by molar-refractivity contribution is 6.13. The molecule has 1 heterocycles. The summed E-state index contributed by atoms with van der Waals surface area (Å²) in [6.07, 6.45) is 9.70. The average molecular weight is 284 g/mol. The number of rotatable bonds is 3. The Morgan fingerprint density at radius 3 is 3.00 bits per heavy atom. The van der Waals surface area contributed by atoms with Gasteiger partial charge in [0, 0.05) is 5.57 Å². The topological polar surface area (TPSA) is 56.5 Å². The number of furan rings is 1. The molecule has 0 aromatic carbocycles. The number of ketones is 1. The molecule has 0 fully saturated rings. The number of ether oxygens (including phenoxy) is 1. The number of carbonyl (C=O) groups is 2. The Hall–Kier alpha value is -2.36. The van der Waals surface area contributed by atoms with E-state index >= 15 is 0 Å². The molecule has 0 unspecified atom stereocenters. The molecule has 3 rings (SSSR count). The van der Waals surface area contributed by atoms with Gasteiger partial charge in [0.05, 0.1) is 18.8 Å². The smallest absolute Gasteiger partial charge is 0.317 e. The Morgan fingerprint density at radius 2 is 2.29 bits per heavy atom. The molecule has 21 heavy (non-hydrogen) atoms. The minimum absolute atomic E-state index is 0.152. The summed E-state index contributed by atoms with van der Waals surface area (Å²) < 4.78 is 10.6. The monoisotopic (exact) mass is 284 g/mol. The molecule has 0 aliphatic heterocycles. The number of hydrogen-bond acceptors (Lipinski definition) is 4. The predicted octanol–water partition coefficient (Wildman–Crippen LogP) is 2.94. The largest absolute Gasteiger partial charge is 0.469 e. The van der Waals surface area contributed by atoms with Gasteiger partial charge in [0.1, 0.15) is 11.7 Å². The van der Waals surface area contributed by atoms with Crippen LogP contribution in [0.25, 0.3) is 0 Å². The molecule has 0 N–H and O–H groups in total. The van der Waals surface area contributed by atoms with Crippen LogP contribution in [0.15, 0.2) is 58.3 Å². The highest BCUT2D eigenvalue weighted by Crippen LogP contribution is 2.45. The molecule has 0 saturated heterocycles. The summed E-state index contributed by atoms with van der Waals surface area (Å²) >= 11 is 0. The first-order valence-corrected chi connectivity index (χ1v) is 7.04. The summed E-state index contributed by atoms with van der Waals surface area (Å²) in [7, 11) is 0. The molecule has 0 bridgehead atoms. The maximum Gasteiger partial charge on any atom is 0.317 e. The van der Waals surface area contributed by atoms with Gasteiger partial charge < -0.3 is 9.15 Å². The van der Waals surface area contributed by atoms with Crippen molar-refractivity contribution in [1.29, 1.82) is 0 Å². The summed E-state index contributed by atoms with van der Waals surface area (Å²) in [6, 6.07) is 3.56. The van der Waals surface area contributed by atoms with E-state index in [-0.39, 0.29) is 12.4 Å². The summed E-state index contributed by atoms with van der Waals surface area (Å²) in [5.74, 6) is -1.23. The lowest BCUT2D eigenvalue weighted by Gasteiger charge is -2.17. The summed E-state index contributed by atoms with van der Waals surface area (Å²) in [4.78, 5) is 24.9. The van der Waals surface area contributed by atoms with Gasteiger partial charge in [0.15, 0.2) is 5.78 Å². The third kappa shape index (κ3) is 2.27. The first kappa shape index (κ1) is 13.6. The van der Waals surface area contributed by atoms with Gasteiger partial charge in [-0.25, -0.2) is 0 Å². The van der Waals surface area contributed by atoms with Crippen molar-refractivity contribution in [3.8, 4) is 0 Å². The highest BCUT2D eigenvalue weighted by atomic mass is 16.5. The van der Waals surface area contributed by atoms with Crippen molar-refractivity contribution in [2.75, 3.05) is 6.61 Å². The quantitative estimate of drug-likeness (QED) is 0.632. The van der Waals surface area contributed by atoms with Crippen molar-refractivity contribution >= 4 is 11.8 Å². The van der Waals surface area contributed by atoms with Crippen LogP contribution < -0.4 is 0 Å². The molecule has 108 valence electrons. The van der Waals surface area contributed by atoms with Gasteiger partial charge in [-0.1, -0.05) is 24.3 Å². The first-order valence-electron chi connectivity index (χ1n) is 7.04. The Bertz CT molecular complexity index is 646. The number of carbonyl (C=O) groups excluding carboxylic acids is 2. The Morgan fingerprint density at radius 1 is 1.43 bits per heavy atom. The van der Waals surface area contributed by atoms with Gasteiger partial charge >= 0.3 is 5.97 Å². The molecule has 2 atom stereocenters. The van der Waals surface area contributed by atoms with Crippen LogP contribution in [0, 0.1) is 5.92 Å². The lowest BCUT2D eigenvalue weighted by molar-refractivity contribution is -0.150. The van der Waals surface area contributed by atoms with Crippen molar-refractivity contribution in [1.82, 2.24) is 0 Å². The maximum atomic E-state index is 12.6. The lowest BCUT2D eigenvalue weighted by atomic mass is 9.88. The molecule has 0 radical (unpaired) electrons. The zero-order valence-corrected chi connectivity index (χ0v) is 11.7. The van der Waals surface area contributed by atoms with E-state index in [0.717, 1.165) is 5.57 Å². The fourth-order valence-corrected chi connectivity index (χ4v) is 2.96. The number of hydrogen-bond donors (Lipinski definition) is 0. The van der Waals surface area contributed by atoms with E-state index in [4.69, 9.17) is 9.15 Å². The van der Waals surface area contributed by atoms with Crippen LogP contribution in [0.1, 0.15) is 25.0 Å². The van der Waals surface area contributed by atoms with Crippen LogP contribution in [-0.4, -0.2) is 18.4 Å². The van der Waals surface area contributed by atoms with Crippen molar-refractivity contribution in [2.24, 2.45) is 5.92 Å². The van der Waals surface area contributed by atoms with Crippen LogP contribution in [0.3, 0.4) is 0 Å². The van der Waals surface area contributed by atoms with Crippen molar-refractivity contribution in [3.05, 3.63) is 59.6 Å². The van der Waals surface area contributed by atoms with Gasteiger partial charge in [0.25, 0.3) is 0 Å². The second kappa shape index (κ2) is 5.56. The van der Waals surface area contributed by atoms with Crippen molar-refractivity contribution < 1.29 is 18.7 Å². The van der Waals surface area contributed by atoms with E-state index in [1.165, 1.54) is 0 Å². The van der Waals surface area contributed by atoms with Crippen LogP contribution in [0.2, 0.25) is 0 Å². The maximum absolute atomic E-state index is 12.6. The molecular formula is C17H16O4. The number of Topliss-reactive ketones (excluding diaryl/α,β-unsaturated/α-hetero) is 1. The molecule has 4 nitrogen and oxygen atoms in total. The standard InChI is InChI=1S/C17H16O4/c1-2-20-17(19)15-14(13-9-6-10-21-13)11-7-4-3-5-8-12(11)16(15)18/h3-7,9-10,14-15H,2,8H2,1H3/t14-,15+/m0/s1. The second-order valence-electron chi connectivity index (χ2n) is 5.01. The fourth-order valence-electron chi connectivity index (χ4n) is 2.96. The normalized spacial score (nSPS) is 24.1. The minimum Gasteiger partial charge on any atom is -0.469 e. The van der Waals surface area contributed by atoms with Crippen LogP contribution >= 0.6 is 0 Å². The fraction of sp³-hybridized carbons (Fsp3) is 0.294. The van der Waals surface area contributed by atoms with Gasteiger partial charge in [-0.2, -0.15) is 0 Å². The van der Waals surface area contributed by atoms with E-state index in [1.807, 2.05) is 24.3 Å². The van der Waals surface area contributed by atoms with Gasteiger partial charge in [0.2, 0.25) is 0 Å². The molecule has 0 spiro atoms. The summed E-state index contributed by atoms with van der Waals surface area (Å²) in [5, 5.41) is 0. The van der Waals surface area contributed by atoms with Gasteiger partial charge in [-0.3, -0.25) is 9.59 Å². The number of allylic oxidation sites excluding steroid dienone is 6. The van der Waals surface area contributed by atoms with Gasteiger partial charge in [-0.05, 0) is 31.1 Å². The Balaban J connectivity index is 2.06. The average Bonchev–Trinajstić information content (AvgIpc) is 2.99. The van der Waals surface area contributed by atoms with E-state index in [9.17, 15) is 9.59 Å². The van der Waals surface area contributed by atoms with E-state index < -0.39 is 17.8 Å². The lowest BCUT2D eigenvalue weighted by Crippen LogP contribution is -2.28. The minimum atomic E-state index is -0.836. The molecular weight excluding hydrogens is 268 g/mol. The Labute approximate surface area is 122 Å². The molecule has 1 aromatic heterocycles. The Kier molecular flexibility index (Phi) is 3.60. The molecule has 2 aliphatic rings. The second-order valence-corrected chi connectivity index (χ2v) is 5.01. The SMILES string of the molecule is CCOC(=O)[C@H]1C(=O)C2=C(C=CC=CC2)[C@H]1c1ccco1. The third-order valence-corrected chi connectivity index (χ3v) is 3.83. The van der Waals surface area contributed by atoms with Crippen molar-refractivity contribution in [3.63, 3.8) is 0 Å². The first-order chi connectivity index (χ1) is 10.2. The van der Waals surface area contributed by atoms with Crippen LogP contribution in [0.4, 0.5) is 0 Å².